The highest BCUT2D eigenvalue weighted by Gasteiger charge is 2.41. The van der Waals surface area contributed by atoms with Gasteiger partial charge in [0.15, 0.2) is 0 Å². The number of benzene rings is 1. The Bertz CT molecular complexity index is 665. The zero-order chi connectivity index (χ0) is 20.0. The van der Waals surface area contributed by atoms with Gasteiger partial charge in [0.25, 0.3) is 0 Å². The van der Waals surface area contributed by atoms with Crippen molar-refractivity contribution in [3.05, 3.63) is 35.9 Å². The van der Waals surface area contributed by atoms with Crippen LogP contribution in [0, 0.1) is 5.92 Å². The second kappa shape index (κ2) is 9.02. The van der Waals surface area contributed by atoms with E-state index in [4.69, 9.17) is 9.47 Å². The van der Waals surface area contributed by atoms with Gasteiger partial charge in [-0.1, -0.05) is 43.7 Å². The SMILES string of the molecule is CCC[C@@H](CC(=O)OC(C)(C)C)C(=O)N1C(=O)OC[C@@H]1Cc1ccccc1. The fourth-order valence-electron chi connectivity index (χ4n) is 3.21. The molecule has 0 bridgehead atoms. The van der Waals surface area contributed by atoms with Crippen molar-refractivity contribution in [2.24, 2.45) is 5.92 Å². The number of amides is 2. The van der Waals surface area contributed by atoms with E-state index in [1.807, 2.05) is 37.3 Å². The molecular weight excluding hydrogens is 346 g/mol. The van der Waals surface area contributed by atoms with E-state index in [1.54, 1.807) is 20.8 Å². The van der Waals surface area contributed by atoms with Crippen LogP contribution in [0.2, 0.25) is 0 Å². The van der Waals surface area contributed by atoms with Gasteiger partial charge in [0.2, 0.25) is 5.91 Å². The number of imide groups is 1. The Labute approximate surface area is 160 Å². The van der Waals surface area contributed by atoms with Crippen molar-refractivity contribution in [3.63, 3.8) is 0 Å². The van der Waals surface area contributed by atoms with E-state index in [1.165, 1.54) is 4.90 Å². The van der Waals surface area contributed by atoms with Gasteiger partial charge < -0.3 is 9.47 Å². The molecule has 2 rings (SSSR count). The minimum Gasteiger partial charge on any atom is -0.460 e. The van der Waals surface area contributed by atoms with Gasteiger partial charge in [-0.05, 0) is 39.2 Å². The summed E-state index contributed by atoms with van der Waals surface area (Å²) < 4.78 is 10.5. The van der Waals surface area contributed by atoms with E-state index in [0.717, 1.165) is 12.0 Å². The predicted octanol–water partition coefficient (Wildman–Crippen LogP) is 3.72. The van der Waals surface area contributed by atoms with Crippen LogP contribution in [0.15, 0.2) is 30.3 Å². The third-order valence-corrected chi connectivity index (χ3v) is 4.33. The maximum absolute atomic E-state index is 13.1. The van der Waals surface area contributed by atoms with Crippen LogP contribution in [0.3, 0.4) is 0 Å². The molecule has 1 aromatic rings. The van der Waals surface area contributed by atoms with Crippen LogP contribution in [-0.2, 0) is 25.5 Å². The largest absolute Gasteiger partial charge is 0.460 e. The molecule has 148 valence electrons. The second-order valence-electron chi connectivity index (χ2n) is 7.90. The normalized spacial score (nSPS) is 18.1. The number of carbonyl (C=O) groups excluding carboxylic acids is 3. The summed E-state index contributed by atoms with van der Waals surface area (Å²) in [6.45, 7) is 7.48. The van der Waals surface area contributed by atoms with Crippen molar-refractivity contribution >= 4 is 18.0 Å². The maximum Gasteiger partial charge on any atom is 0.416 e. The van der Waals surface area contributed by atoms with Gasteiger partial charge in [-0.25, -0.2) is 9.69 Å². The van der Waals surface area contributed by atoms with E-state index in [0.29, 0.717) is 12.8 Å². The van der Waals surface area contributed by atoms with Crippen molar-refractivity contribution in [3.8, 4) is 0 Å². The molecular formula is C21H29NO5. The average Bonchev–Trinajstić information content (AvgIpc) is 2.93. The van der Waals surface area contributed by atoms with Gasteiger partial charge in [-0.15, -0.1) is 0 Å². The molecule has 1 fully saturated rings. The van der Waals surface area contributed by atoms with Crippen LogP contribution >= 0.6 is 0 Å². The number of cyclic esters (lactones) is 1. The molecule has 2 atom stereocenters. The Balaban J connectivity index is 2.11. The molecule has 6 nitrogen and oxygen atoms in total. The summed E-state index contributed by atoms with van der Waals surface area (Å²) in [7, 11) is 0. The third-order valence-electron chi connectivity index (χ3n) is 4.33. The lowest BCUT2D eigenvalue weighted by Gasteiger charge is -2.26. The first-order valence-corrected chi connectivity index (χ1v) is 9.47. The Hall–Kier alpha value is -2.37. The second-order valence-corrected chi connectivity index (χ2v) is 7.90. The maximum atomic E-state index is 13.1. The smallest absolute Gasteiger partial charge is 0.416 e. The van der Waals surface area contributed by atoms with Crippen molar-refractivity contribution in [2.45, 2.75) is 65.0 Å². The monoisotopic (exact) mass is 375 g/mol. The summed E-state index contributed by atoms with van der Waals surface area (Å²) in [5, 5.41) is 0. The molecule has 1 heterocycles. The zero-order valence-corrected chi connectivity index (χ0v) is 16.6. The van der Waals surface area contributed by atoms with Crippen LogP contribution in [-0.4, -0.2) is 41.1 Å². The lowest BCUT2D eigenvalue weighted by atomic mass is 9.96. The van der Waals surface area contributed by atoms with Crippen molar-refractivity contribution in [1.29, 1.82) is 0 Å². The van der Waals surface area contributed by atoms with Crippen molar-refractivity contribution in [1.82, 2.24) is 4.90 Å². The minimum absolute atomic E-state index is 0.0359. The molecule has 2 amide bonds. The molecule has 0 N–H and O–H groups in total. The van der Waals surface area contributed by atoms with E-state index in [2.05, 4.69) is 0 Å². The fourth-order valence-corrected chi connectivity index (χ4v) is 3.21. The highest BCUT2D eigenvalue weighted by Crippen LogP contribution is 2.24. The third kappa shape index (κ3) is 6.08. The summed E-state index contributed by atoms with van der Waals surface area (Å²) in [6, 6.07) is 9.31. The zero-order valence-electron chi connectivity index (χ0n) is 16.6. The molecule has 6 heteroatoms. The quantitative estimate of drug-likeness (QED) is 0.679. The van der Waals surface area contributed by atoms with E-state index in [9.17, 15) is 14.4 Å². The van der Waals surface area contributed by atoms with Crippen LogP contribution in [0.5, 0.6) is 0 Å². The van der Waals surface area contributed by atoms with Gasteiger partial charge in [-0.3, -0.25) is 9.59 Å². The minimum atomic E-state index is -0.633. The summed E-state index contributed by atoms with van der Waals surface area (Å²) >= 11 is 0. The highest BCUT2D eigenvalue weighted by molar-refractivity contribution is 5.96. The van der Waals surface area contributed by atoms with Crippen molar-refractivity contribution in [2.75, 3.05) is 6.61 Å². The van der Waals surface area contributed by atoms with Gasteiger partial charge in [0, 0.05) is 5.92 Å². The van der Waals surface area contributed by atoms with Gasteiger partial charge in [0.1, 0.15) is 12.2 Å². The molecule has 1 aromatic carbocycles. The molecule has 0 saturated carbocycles. The highest BCUT2D eigenvalue weighted by atomic mass is 16.6. The lowest BCUT2D eigenvalue weighted by Crippen LogP contribution is -2.44. The molecule has 0 unspecified atom stereocenters. The van der Waals surface area contributed by atoms with Crippen LogP contribution in [0.1, 0.15) is 52.5 Å². The standard InChI is InChI=1S/C21H29NO5/c1-5-9-16(13-18(23)27-21(2,3)4)19(24)22-17(14-26-20(22)25)12-15-10-7-6-8-11-15/h6-8,10-11,16-17H,5,9,12-14H2,1-4H3/t16-,17-/m0/s1. The Kier molecular flexibility index (Phi) is 6.99. The van der Waals surface area contributed by atoms with Gasteiger partial charge >= 0.3 is 12.1 Å². The molecule has 0 spiro atoms. The summed E-state index contributed by atoms with van der Waals surface area (Å²) in [4.78, 5) is 38.7. The Morgan fingerprint density at radius 3 is 2.52 bits per heavy atom. The van der Waals surface area contributed by atoms with E-state index in [-0.39, 0.29) is 25.0 Å². The number of carbonyl (C=O) groups is 3. The summed E-state index contributed by atoms with van der Waals surface area (Å²) in [5.74, 6) is -1.37. The van der Waals surface area contributed by atoms with Crippen LogP contribution < -0.4 is 0 Å². The summed E-state index contributed by atoms with van der Waals surface area (Å²) in [6.07, 6.45) is 1.10. The first kappa shape index (κ1) is 20.9. The van der Waals surface area contributed by atoms with Gasteiger partial charge in [0.05, 0.1) is 12.5 Å². The molecule has 27 heavy (non-hydrogen) atoms. The first-order chi connectivity index (χ1) is 12.7. The topological polar surface area (TPSA) is 72.9 Å². The molecule has 1 aliphatic heterocycles. The van der Waals surface area contributed by atoms with E-state index >= 15 is 0 Å². The van der Waals surface area contributed by atoms with Crippen LogP contribution in [0.4, 0.5) is 4.79 Å². The number of hydrogen-bond acceptors (Lipinski definition) is 5. The number of hydrogen-bond donors (Lipinski definition) is 0. The molecule has 0 aliphatic carbocycles. The Morgan fingerprint density at radius 1 is 1.26 bits per heavy atom. The molecule has 1 aliphatic rings. The molecule has 1 saturated heterocycles. The fraction of sp³-hybridized carbons (Fsp3) is 0.571. The number of nitrogens with zero attached hydrogens (tertiary/aromatic N) is 1. The number of ether oxygens (including phenoxy) is 2. The first-order valence-electron chi connectivity index (χ1n) is 9.47. The average molecular weight is 375 g/mol. The Morgan fingerprint density at radius 2 is 1.93 bits per heavy atom. The lowest BCUT2D eigenvalue weighted by molar-refractivity contribution is -0.158. The molecule has 0 aromatic heterocycles. The van der Waals surface area contributed by atoms with Gasteiger partial charge in [-0.2, -0.15) is 0 Å². The molecule has 0 radical (unpaired) electrons. The number of esters is 1. The van der Waals surface area contributed by atoms with Crippen LogP contribution in [0.25, 0.3) is 0 Å². The van der Waals surface area contributed by atoms with Crippen molar-refractivity contribution < 1.29 is 23.9 Å². The van der Waals surface area contributed by atoms with E-state index < -0.39 is 23.6 Å². The predicted molar refractivity (Wildman–Crippen MR) is 101 cm³/mol. The summed E-state index contributed by atoms with van der Waals surface area (Å²) in [5.41, 5.74) is 0.414. The number of rotatable bonds is 7.